The summed E-state index contributed by atoms with van der Waals surface area (Å²) in [4.78, 5) is 24.6. The molecule has 0 unspecified atom stereocenters. The van der Waals surface area contributed by atoms with Crippen LogP contribution in [0.4, 0.5) is 30.2 Å². The highest BCUT2D eigenvalue weighted by atomic mass is 35.5. The van der Waals surface area contributed by atoms with Crippen LogP contribution in [-0.4, -0.2) is 24.7 Å². The highest BCUT2D eigenvalue weighted by Gasteiger charge is 2.30. The van der Waals surface area contributed by atoms with E-state index in [1.807, 2.05) is 0 Å². The molecule has 0 aliphatic heterocycles. The maximum atomic E-state index is 12.4. The molecule has 0 aliphatic rings. The van der Waals surface area contributed by atoms with Crippen LogP contribution in [0.25, 0.3) is 0 Å². The Bertz CT molecular complexity index is 1090. The molecule has 166 valence electrons. The topological polar surface area (TPSA) is 79.5 Å². The lowest BCUT2D eigenvalue weighted by Gasteiger charge is -2.13. The number of carbonyl (C=O) groups is 2. The number of carbonyl (C=O) groups excluding carboxylic acids is 2. The molecule has 10 heteroatoms. The average Bonchev–Trinajstić information content (AvgIpc) is 2.74. The van der Waals surface area contributed by atoms with Gasteiger partial charge in [-0.1, -0.05) is 23.7 Å². The molecule has 3 aromatic rings. The summed E-state index contributed by atoms with van der Waals surface area (Å²) in [5.41, 5.74) is 1.70. The lowest BCUT2D eigenvalue weighted by atomic mass is 10.2. The minimum Gasteiger partial charge on any atom is -0.406 e. The van der Waals surface area contributed by atoms with E-state index >= 15 is 0 Å². The predicted octanol–water partition coefficient (Wildman–Crippen LogP) is 5.54. The monoisotopic (exact) mass is 463 g/mol. The van der Waals surface area contributed by atoms with Gasteiger partial charge in [0.05, 0.1) is 17.9 Å². The first-order chi connectivity index (χ1) is 15.2. The second-order valence-corrected chi connectivity index (χ2v) is 6.92. The molecule has 0 saturated heterocycles. The van der Waals surface area contributed by atoms with Gasteiger partial charge < -0.3 is 20.7 Å². The van der Waals surface area contributed by atoms with E-state index in [2.05, 4.69) is 20.7 Å². The van der Waals surface area contributed by atoms with Gasteiger partial charge in [0.1, 0.15) is 5.75 Å². The van der Waals surface area contributed by atoms with Crippen molar-refractivity contribution in [2.75, 3.05) is 22.5 Å². The zero-order chi connectivity index (χ0) is 23.1. The van der Waals surface area contributed by atoms with E-state index in [1.165, 1.54) is 12.1 Å². The summed E-state index contributed by atoms with van der Waals surface area (Å²) in [5, 5.41) is 8.75. The van der Waals surface area contributed by atoms with E-state index < -0.39 is 12.3 Å². The molecule has 3 rings (SSSR count). The van der Waals surface area contributed by atoms with Crippen LogP contribution >= 0.6 is 11.6 Å². The number of alkyl halides is 3. The molecule has 0 saturated carbocycles. The number of hydrogen-bond donors (Lipinski definition) is 3. The molecule has 0 bridgehead atoms. The molecule has 32 heavy (non-hydrogen) atoms. The van der Waals surface area contributed by atoms with Gasteiger partial charge in [0, 0.05) is 16.3 Å². The van der Waals surface area contributed by atoms with Crippen LogP contribution in [-0.2, 0) is 4.79 Å². The number of hydrogen-bond acceptors (Lipinski definition) is 4. The number of ether oxygens (including phenoxy) is 1. The van der Waals surface area contributed by atoms with Gasteiger partial charge >= 0.3 is 6.36 Å². The normalized spacial score (nSPS) is 10.9. The first kappa shape index (κ1) is 23.0. The molecule has 6 nitrogen and oxygen atoms in total. The lowest BCUT2D eigenvalue weighted by molar-refractivity contribution is -0.274. The van der Waals surface area contributed by atoms with Gasteiger partial charge in [-0.05, 0) is 60.7 Å². The first-order valence-corrected chi connectivity index (χ1v) is 9.63. The summed E-state index contributed by atoms with van der Waals surface area (Å²) >= 11 is 5.83. The molecule has 2 amide bonds. The molecule has 0 atom stereocenters. The molecule has 0 aromatic heterocycles. The number of amides is 2. The smallest absolute Gasteiger partial charge is 0.406 e. The van der Waals surface area contributed by atoms with Crippen molar-refractivity contribution in [3.8, 4) is 5.75 Å². The molecule has 0 fully saturated rings. The van der Waals surface area contributed by atoms with Crippen molar-refractivity contribution in [2.45, 2.75) is 6.36 Å². The van der Waals surface area contributed by atoms with Crippen molar-refractivity contribution in [1.29, 1.82) is 0 Å². The summed E-state index contributed by atoms with van der Waals surface area (Å²) in [7, 11) is 0. The molecular weight excluding hydrogens is 447 g/mol. The highest BCUT2D eigenvalue weighted by Crippen LogP contribution is 2.24. The summed E-state index contributed by atoms with van der Waals surface area (Å²) < 4.78 is 40.4. The molecule has 0 aliphatic carbocycles. The van der Waals surface area contributed by atoms with Gasteiger partial charge in [-0.2, -0.15) is 0 Å². The number of para-hydroxylation sites is 2. The Kier molecular flexibility index (Phi) is 7.21. The van der Waals surface area contributed by atoms with E-state index in [-0.39, 0.29) is 18.2 Å². The van der Waals surface area contributed by atoms with Gasteiger partial charge in [0.2, 0.25) is 5.91 Å². The second kappa shape index (κ2) is 10.1. The van der Waals surface area contributed by atoms with Crippen molar-refractivity contribution >= 4 is 40.5 Å². The zero-order valence-corrected chi connectivity index (χ0v) is 17.1. The summed E-state index contributed by atoms with van der Waals surface area (Å²) in [6.45, 7) is -0.144. The molecule has 3 aromatic carbocycles. The minimum absolute atomic E-state index is 0.144. The molecular formula is C22H17ClF3N3O3. The molecule has 0 heterocycles. The van der Waals surface area contributed by atoms with E-state index in [1.54, 1.807) is 48.5 Å². The van der Waals surface area contributed by atoms with E-state index in [0.29, 0.717) is 27.6 Å². The Morgan fingerprint density at radius 1 is 0.844 bits per heavy atom. The third kappa shape index (κ3) is 6.92. The fourth-order valence-electron chi connectivity index (χ4n) is 2.66. The molecule has 0 radical (unpaired) electrons. The van der Waals surface area contributed by atoms with Crippen LogP contribution in [0.2, 0.25) is 5.02 Å². The van der Waals surface area contributed by atoms with Crippen LogP contribution < -0.4 is 20.7 Å². The Balaban J connectivity index is 1.57. The lowest BCUT2D eigenvalue weighted by Crippen LogP contribution is -2.22. The van der Waals surface area contributed by atoms with Gasteiger partial charge in [-0.25, -0.2) is 0 Å². The number of anilines is 3. The predicted molar refractivity (Wildman–Crippen MR) is 116 cm³/mol. The Hall–Kier alpha value is -3.72. The van der Waals surface area contributed by atoms with Gasteiger partial charge in [-0.3, -0.25) is 9.59 Å². The van der Waals surface area contributed by atoms with E-state index in [0.717, 1.165) is 12.1 Å². The Morgan fingerprint density at radius 3 is 2.09 bits per heavy atom. The van der Waals surface area contributed by atoms with Crippen LogP contribution in [0.15, 0.2) is 72.8 Å². The highest BCUT2D eigenvalue weighted by molar-refractivity contribution is 6.30. The molecule has 0 spiro atoms. The van der Waals surface area contributed by atoms with Crippen LogP contribution in [0, 0.1) is 0 Å². The van der Waals surface area contributed by atoms with Crippen molar-refractivity contribution in [2.24, 2.45) is 0 Å². The maximum Gasteiger partial charge on any atom is 0.573 e. The zero-order valence-electron chi connectivity index (χ0n) is 16.4. The van der Waals surface area contributed by atoms with Crippen LogP contribution in [0.3, 0.4) is 0 Å². The molecule has 3 N–H and O–H groups in total. The second-order valence-electron chi connectivity index (χ2n) is 6.48. The van der Waals surface area contributed by atoms with Gasteiger partial charge in [-0.15, -0.1) is 13.2 Å². The van der Waals surface area contributed by atoms with Gasteiger partial charge in [0.25, 0.3) is 5.91 Å². The van der Waals surface area contributed by atoms with Crippen molar-refractivity contribution in [3.05, 3.63) is 83.4 Å². The van der Waals surface area contributed by atoms with E-state index in [4.69, 9.17) is 11.6 Å². The van der Waals surface area contributed by atoms with Crippen molar-refractivity contribution < 1.29 is 27.5 Å². The van der Waals surface area contributed by atoms with Crippen molar-refractivity contribution in [1.82, 2.24) is 0 Å². The van der Waals surface area contributed by atoms with Crippen LogP contribution in [0.1, 0.15) is 10.4 Å². The maximum absolute atomic E-state index is 12.4. The van der Waals surface area contributed by atoms with Gasteiger partial charge in [0.15, 0.2) is 0 Å². The van der Waals surface area contributed by atoms with Crippen molar-refractivity contribution in [3.63, 3.8) is 0 Å². The fraction of sp³-hybridized carbons (Fsp3) is 0.0909. The van der Waals surface area contributed by atoms with E-state index in [9.17, 15) is 22.8 Å². The standard InChI is InChI=1S/C22H17ClF3N3O3/c23-15-7-5-14(6-8-15)21(31)29-19-4-2-1-3-18(19)27-13-20(30)28-16-9-11-17(12-10-16)32-22(24,25)26/h1-12,27H,13H2,(H,28,30)(H,29,31). The number of benzene rings is 3. The summed E-state index contributed by atoms with van der Waals surface area (Å²) in [6, 6.07) is 18.0. The fourth-order valence-corrected chi connectivity index (χ4v) is 2.79. The third-order valence-corrected chi connectivity index (χ3v) is 4.34. The van der Waals surface area contributed by atoms with Crippen LogP contribution in [0.5, 0.6) is 5.75 Å². The average molecular weight is 464 g/mol. The summed E-state index contributed by atoms with van der Waals surface area (Å²) in [5.74, 6) is -1.17. The third-order valence-electron chi connectivity index (χ3n) is 4.09. The minimum atomic E-state index is -4.79. The number of halogens is 4. The number of rotatable bonds is 7. The Morgan fingerprint density at radius 2 is 1.47 bits per heavy atom. The first-order valence-electron chi connectivity index (χ1n) is 9.25. The quantitative estimate of drug-likeness (QED) is 0.430. The Labute approximate surface area is 186 Å². The summed E-state index contributed by atoms with van der Waals surface area (Å²) in [6.07, 6.45) is -4.79. The largest absolute Gasteiger partial charge is 0.573 e. The number of nitrogens with one attached hydrogen (secondary N) is 3. The SMILES string of the molecule is O=C(CNc1ccccc1NC(=O)c1ccc(Cl)cc1)Nc1ccc(OC(F)(F)F)cc1.